The molecule has 1 aromatic rings. The molecule has 0 unspecified atom stereocenters. The second-order valence-electron chi connectivity index (χ2n) is 8.34. The first kappa shape index (κ1) is 20.5. The smallest absolute Gasteiger partial charge is 0.329 e. The third kappa shape index (κ3) is 4.65. The van der Waals surface area contributed by atoms with E-state index in [1.54, 1.807) is 0 Å². The standard InChI is InChI=1S/C20H33N3O3/c1-13(2)12-23-16(5)17(15(4)22-23)6-7-18(24)21-20(19(25)26)10-8-14(3)9-11-20/h13-14H,6-12H2,1-5H3,(H,21,24)(H,25,26). The fourth-order valence-electron chi connectivity index (χ4n) is 3.83. The van der Waals surface area contributed by atoms with Gasteiger partial charge >= 0.3 is 5.97 Å². The molecule has 0 radical (unpaired) electrons. The number of aliphatic carboxylic acids is 1. The van der Waals surface area contributed by atoms with Gasteiger partial charge in [-0.2, -0.15) is 5.10 Å². The zero-order chi connectivity index (χ0) is 19.5. The monoisotopic (exact) mass is 363 g/mol. The first-order valence-corrected chi connectivity index (χ1v) is 9.72. The van der Waals surface area contributed by atoms with Gasteiger partial charge in [-0.1, -0.05) is 20.8 Å². The van der Waals surface area contributed by atoms with E-state index in [1.165, 1.54) is 0 Å². The topological polar surface area (TPSA) is 84.2 Å². The van der Waals surface area contributed by atoms with Gasteiger partial charge < -0.3 is 10.4 Å². The third-order valence-corrected chi connectivity index (χ3v) is 5.59. The van der Waals surface area contributed by atoms with Gasteiger partial charge in [-0.15, -0.1) is 0 Å². The van der Waals surface area contributed by atoms with Crippen LogP contribution in [-0.4, -0.2) is 32.3 Å². The molecule has 0 saturated heterocycles. The Kier molecular flexibility index (Phi) is 6.48. The average molecular weight is 364 g/mol. The van der Waals surface area contributed by atoms with Crippen LogP contribution in [0.4, 0.5) is 0 Å². The van der Waals surface area contributed by atoms with Crippen molar-refractivity contribution in [1.29, 1.82) is 0 Å². The van der Waals surface area contributed by atoms with Crippen LogP contribution in [0.3, 0.4) is 0 Å². The van der Waals surface area contributed by atoms with Crippen LogP contribution in [0.1, 0.15) is 69.8 Å². The van der Waals surface area contributed by atoms with Gasteiger partial charge in [0.1, 0.15) is 5.54 Å². The molecule has 1 heterocycles. The number of nitrogens with zero attached hydrogens (tertiary/aromatic N) is 2. The summed E-state index contributed by atoms with van der Waals surface area (Å²) in [4.78, 5) is 24.3. The molecule has 2 N–H and O–H groups in total. The molecule has 1 aromatic heterocycles. The van der Waals surface area contributed by atoms with E-state index in [9.17, 15) is 14.7 Å². The molecule has 0 aromatic carbocycles. The molecule has 1 fully saturated rings. The minimum Gasteiger partial charge on any atom is -0.480 e. The Morgan fingerprint density at radius 3 is 2.46 bits per heavy atom. The number of nitrogens with one attached hydrogen (secondary N) is 1. The fourth-order valence-corrected chi connectivity index (χ4v) is 3.83. The van der Waals surface area contributed by atoms with Gasteiger partial charge in [0.05, 0.1) is 5.69 Å². The highest BCUT2D eigenvalue weighted by molar-refractivity contribution is 5.87. The maximum atomic E-state index is 12.5. The molecule has 6 nitrogen and oxygen atoms in total. The summed E-state index contributed by atoms with van der Waals surface area (Å²) in [6.45, 7) is 11.3. The molecule has 0 atom stereocenters. The van der Waals surface area contributed by atoms with Gasteiger partial charge in [0, 0.05) is 18.7 Å². The van der Waals surface area contributed by atoms with Gasteiger partial charge in [-0.3, -0.25) is 9.48 Å². The number of aryl methyl sites for hydroxylation is 1. The fraction of sp³-hybridized carbons (Fsp3) is 0.750. The SMILES string of the molecule is Cc1nn(CC(C)C)c(C)c1CCC(=O)NC1(C(=O)O)CCC(C)CC1. The number of carbonyl (C=O) groups excluding carboxylic acids is 1. The normalized spacial score (nSPS) is 23.2. The maximum absolute atomic E-state index is 12.5. The summed E-state index contributed by atoms with van der Waals surface area (Å²) in [6.07, 6.45) is 3.59. The van der Waals surface area contributed by atoms with Crippen molar-refractivity contribution >= 4 is 11.9 Å². The van der Waals surface area contributed by atoms with E-state index in [0.717, 1.165) is 36.3 Å². The van der Waals surface area contributed by atoms with Crippen LogP contribution in [0.25, 0.3) is 0 Å². The number of carboxylic acid groups (broad SMARTS) is 1. The largest absolute Gasteiger partial charge is 0.480 e. The number of carboxylic acids is 1. The van der Waals surface area contributed by atoms with Crippen LogP contribution >= 0.6 is 0 Å². The van der Waals surface area contributed by atoms with Gasteiger partial charge in [-0.05, 0) is 63.4 Å². The van der Waals surface area contributed by atoms with Crippen LogP contribution in [0.2, 0.25) is 0 Å². The van der Waals surface area contributed by atoms with E-state index in [4.69, 9.17) is 0 Å². The highest BCUT2D eigenvalue weighted by Gasteiger charge is 2.42. The first-order chi connectivity index (χ1) is 12.1. The van der Waals surface area contributed by atoms with Crippen LogP contribution < -0.4 is 5.32 Å². The molecule has 1 amide bonds. The Morgan fingerprint density at radius 2 is 1.92 bits per heavy atom. The molecule has 0 aliphatic heterocycles. The minimum absolute atomic E-state index is 0.183. The Hall–Kier alpha value is -1.85. The van der Waals surface area contributed by atoms with E-state index in [2.05, 4.69) is 31.2 Å². The predicted octanol–water partition coefficient (Wildman–Crippen LogP) is 3.24. The molecule has 146 valence electrons. The summed E-state index contributed by atoms with van der Waals surface area (Å²) in [5.41, 5.74) is 2.07. The van der Waals surface area contributed by atoms with Crippen molar-refractivity contribution in [1.82, 2.24) is 15.1 Å². The zero-order valence-corrected chi connectivity index (χ0v) is 16.8. The van der Waals surface area contributed by atoms with Crippen molar-refractivity contribution < 1.29 is 14.7 Å². The number of amides is 1. The van der Waals surface area contributed by atoms with Gasteiger partial charge in [0.25, 0.3) is 0 Å². The van der Waals surface area contributed by atoms with Crippen LogP contribution in [-0.2, 0) is 22.6 Å². The number of rotatable bonds is 7. The summed E-state index contributed by atoms with van der Waals surface area (Å²) < 4.78 is 2.01. The van der Waals surface area contributed by atoms with E-state index in [0.29, 0.717) is 37.5 Å². The molecule has 1 aliphatic carbocycles. The summed E-state index contributed by atoms with van der Waals surface area (Å²) in [5, 5.41) is 17.1. The van der Waals surface area contributed by atoms with Gasteiger partial charge in [0.2, 0.25) is 5.91 Å². The molecule has 0 spiro atoms. The summed E-state index contributed by atoms with van der Waals surface area (Å²) >= 11 is 0. The number of hydrogen-bond donors (Lipinski definition) is 2. The van der Waals surface area contributed by atoms with Crippen LogP contribution in [0, 0.1) is 25.7 Å². The Balaban J connectivity index is 2.00. The molecule has 2 rings (SSSR count). The van der Waals surface area contributed by atoms with E-state index >= 15 is 0 Å². The molecule has 6 heteroatoms. The number of aromatic nitrogens is 2. The lowest BCUT2D eigenvalue weighted by molar-refractivity contribution is -0.149. The predicted molar refractivity (Wildman–Crippen MR) is 101 cm³/mol. The lowest BCUT2D eigenvalue weighted by Crippen LogP contribution is -2.56. The van der Waals surface area contributed by atoms with E-state index < -0.39 is 11.5 Å². The van der Waals surface area contributed by atoms with Gasteiger partial charge in [-0.25, -0.2) is 4.79 Å². The second-order valence-corrected chi connectivity index (χ2v) is 8.34. The zero-order valence-electron chi connectivity index (χ0n) is 16.8. The third-order valence-electron chi connectivity index (χ3n) is 5.59. The second kappa shape index (κ2) is 8.23. The van der Waals surface area contributed by atoms with Crippen LogP contribution in [0.5, 0.6) is 0 Å². The quantitative estimate of drug-likeness (QED) is 0.779. The van der Waals surface area contributed by atoms with Crippen LogP contribution in [0.15, 0.2) is 0 Å². The van der Waals surface area contributed by atoms with Crippen molar-refractivity contribution in [2.45, 2.75) is 85.2 Å². The molecule has 1 aliphatic rings. The summed E-state index contributed by atoms with van der Waals surface area (Å²) in [5.74, 6) is -0.0584. The van der Waals surface area contributed by atoms with E-state index in [1.807, 2.05) is 18.5 Å². The number of carbonyl (C=O) groups is 2. The van der Waals surface area contributed by atoms with Crippen molar-refractivity contribution in [2.24, 2.45) is 11.8 Å². The highest BCUT2D eigenvalue weighted by Crippen LogP contribution is 2.32. The Bertz CT molecular complexity index is 656. The lowest BCUT2D eigenvalue weighted by atomic mass is 9.77. The number of hydrogen-bond acceptors (Lipinski definition) is 3. The van der Waals surface area contributed by atoms with Crippen molar-refractivity contribution in [2.75, 3.05) is 0 Å². The molecular formula is C20H33N3O3. The minimum atomic E-state index is -1.09. The van der Waals surface area contributed by atoms with E-state index in [-0.39, 0.29) is 5.91 Å². The molecular weight excluding hydrogens is 330 g/mol. The summed E-state index contributed by atoms with van der Waals surface area (Å²) in [7, 11) is 0. The van der Waals surface area contributed by atoms with Gasteiger partial charge in [0.15, 0.2) is 0 Å². The lowest BCUT2D eigenvalue weighted by Gasteiger charge is -2.36. The molecule has 26 heavy (non-hydrogen) atoms. The maximum Gasteiger partial charge on any atom is 0.329 e. The van der Waals surface area contributed by atoms with Crippen molar-refractivity contribution in [3.8, 4) is 0 Å². The Morgan fingerprint density at radius 1 is 1.31 bits per heavy atom. The molecule has 1 saturated carbocycles. The highest BCUT2D eigenvalue weighted by atomic mass is 16.4. The molecule has 0 bridgehead atoms. The average Bonchev–Trinajstić information content (AvgIpc) is 2.81. The van der Waals surface area contributed by atoms with Crippen molar-refractivity contribution in [3.05, 3.63) is 17.0 Å². The Labute approximate surface area is 156 Å². The summed E-state index contributed by atoms with van der Waals surface area (Å²) in [6, 6.07) is 0. The van der Waals surface area contributed by atoms with Crippen molar-refractivity contribution in [3.63, 3.8) is 0 Å². The first-order valence-electron chi connectivity index (χ1n) is 9.72.